The molecule has 0 aliphatic heterocycles. The lowest BCUT2D eigenvalue weighted by molar-refractivity contribution is 0.0949. The number of hydrogen-bond acceptors (Lipinski definition) is 5. The Hall–Kier alpha value is -2.77. The third kappa shape index (κ3) is 3.63. The molecule has 0 saturated heterocycles. The van der Waals surface area contributed by atoms with Crippen molar-refractivity contribution in [2.24, 2.45) is 0 Å². The van der Waals surface area contributed by atoms with Gasteiger partial charge in [0.15, 0.2) is 4.91 Å². The van der Waals surface area contributed by atoms with Crippen LogP contribution in [0.2, 0.25) is 0 Å². The number of carbonyl (C=O) groups is 2. The van der Waals surface area contributed by atoms with Gasteiger partial charge in [0, 0.05) is 30.8 Å². The van der Waals surface area contributed by atoms with Gasteiger partial charge in [-0.25, -0.2) is 13.1 Å². The maximum Gasteiger partial charge on any atom is 0.247 e. The lowest BCUT2D eigenvalue weighted by Crippen LogP contribution is -2.39. The van der Waals surface area contributed by atoms with E-state index in [1.165, 1.54) is 6.07 Å². The largest absolute Gasteiger partial charge is 0.368 e. The first-order valence-corrected chi connectivity index (χ1v) is 10.6. The topological polar surface area (TPSA) is 83.6 Å². The second kappa shape index (κ2) is 8.08. The number of allylic oxidation sites excluding steroid dienone is 2. The number of hydrogen-bond donors (Lipinski definition) is 1. The van der Waals surface area contributed by atoms with Crippen molar-refractivity contribution in [2.75, 3.05) is 13.1 Å². The molecule has 0 heterocycles. The number of fused-ring (bicyclic) bond motifs is 1. The summed E-state index contributed by atoms with van der Waals surface area (Å²) >= 11 is 0. The maximum absolute atomic E-state index is 13.1. The van der Waals surface area contributed by atoms with E-state index in [-0.39, 0.29) is 23.4 Å². The molecule has 0 aromatic heterocycles. The summed E-state index contributed by atoms with van der Waals surface area (Å²) in [5.41, 5.74) is 1.04. The zero-order valence-corrected chi connectivity index (χ0v) is 16.6. The molecule has 0 spiro atoms. The molecule has 1 aliphatic carbocycles. The van der Waals surface area contributed by atoms with Gasteiger partial charge >= 0.3 is 0 Å². The Labute approximate surface area is 164 Å². The number of nitrogens with one attached hydrogen (secondary N) is 1. The standard InChI is InChI=1S/C21H22N2O4S/c1-3-23(4-2)18-19(24)16-12-8-9-13-17(16)20(25)21(18)28(26,27)22-14-15-10-6-5-7-11-15/h5-13,22H,3-4,14H2,1-2H3. The second-order valence-corrected chi connectivity index (χ2v) is 8.07. The Morgan fingerprint density at radius 2 is 1.36 bits per heavy atom. The molecule has 0 amide bonds. The van der Waals surface area contributed by atoms with Crippen LogP contribution >= 0.6 is 0 Å². The predicted molar refractivity (Wildman–Crippen MR) is 107 cm³/mol. The molecule has 0 fully saturated rings. The summed E-state index contributed by atoms with van der Waals surface area (Å²) in [6, 6.07) is 15.3. The van der Waals surface area contributed by atoms with Gasteiger partial charge in [0.2, 0.25) is 21.6 Å². The zero-order valence-electron chi connectivity index (χ0n) is 15.8. The number of benzene rings is 2. The average molecular weight is 398 g/mol. The number of likely N-dealkylation sites (N-methyl/N-ethyl adjacent to an activating group) is 1. The third-order valence-electron chi connectivity index (χ3n) is 4.71. The van der Waals surface area contributed by atoms with Gasteiger partial charge in [-0.3, -0.25) is 9.59 Å². The van der Waals surface area contributed by atoms with Crippen LogP contribution in [0.15, 0.2) is 65.2 Å². The van der Waals surface area contributed by atoms with Crippen LogP contribution in [0, 0.1) is 0 Å². The molecular weight excluding hydrogens is 376 g/mol. The molecule has 0 bridgehead atoms. The van der Waals surface area contributed by atoms with Crippen molar-refractivity contribution in [1.82, 2.24) is 9.62 Å². The number of carbonyl (C=O) groups excluding carboxylic acids is 2. The normalized spacial score (nSPS) is 14.2. The van der Waals surface area contributed by atoms with E-state index in [2.05, 4.69) is 4.72 Å². The monoisotopic (exact) mass is 398 g/mol. The minimum atomic E-state index is -4.20. The van der Waals surface area contributed by atoms with Crippen LogP contribution in [0.4, 0.5) is 0 Å². The van der Waals surface area contributed by atoms with Crippen molar-refractivity contribution in [3.05, 3.63) is 81.9 Å². The summed E-state index contributed by atoms with van der Waals surface area (Å²) in [6.07, 6.45) is 0. The number of Topliss-reactive ketones (excluding diaryl/α,β-unsaturated/α-hetero) is 2. The van der Waals surface area contributed by atoms with Crippen LogP contribution in [0.5, 0.6) is 0 Å². The highest BCUT2D eigenvalue weighted by molar-refractivity contribution is 7.94. The molecule has 0 atom stereocenters. The summed E-state index contributed by atoms with van der Waals surface area (Å²) in [7, 11) is -4.20. The van der Waals surface area contributed by atoms with Crippen LogP contribution in [0.3, 0.4) is 0 Å². The third-order valence-corrected chi connectivity index (χ3v) is 6.15. The number of rotatable bonds is 7. The van der Waals surface area contributed by atoms with Crippen LogP contribution in [0.1, 0.15) is 40.1 Å². The molecule has 6 nitrogen and oxygen atoms in total. The summed E-state index contributed by atoms with van der Waals surface area (Å²) in [6.45, 7) is 4.48. The van der Waals surface area contributed by atoms with E-state index < -0.39 is 26.5 Å². The van der Waals surface area contributed by atoms with Crippen molar-refractivity contribution in [3.63, 3.8) is 0 Å². The lowest BCUT2D eigenvalue weighted by atomic mass is 9.92. The molecule has 1 aliphatic rings. The molecule has 1 N–H and O–H groups in total. The van der Waals surface area contributed by atoms with E-state index in [9.17, 15) is 18.0 Å². The molecule has 0 radical (unpaired) electrons. The molecule has 28 heavy (non-hydrogen) atoms. The fourth-order valence-electron chi connectivity index (χ4n) is 3.26. The van der Waals surface area contributed by atoms with Gasteiger partial charge in [0.1, 0.15) is 5.70 Å². The average Bonchev–Trinajstić information content (AvgIpc) is 2.71. The highest BCUT2D eigenvalue weighted by Crippen LogP contribution is 2.31. The van der Waals surface area contributed by atoms with E-state index >= 15 is 0 Å². The minimum Gasteiger partial charge on any atom is -0.368 e. The van der Waals surface area contributed by atoms with Crippen molar-refractivity contribution in [2.45, 2.75) is 20.4 Å². The van der Waals surface area contributed by atoms with Gasteiger partial charge in [0.05, 0.1) is 0 Å². The van der Waals surface area contributed by atoms with Crippen LogP contribution in [-0.2, 0) is 16.6 Å². The van der Waals surface area contributed by atoms with Gasteiger partial charge in [-0.1, -0.05) is 54.6 Å². The maximum atomic E-state index is 13.1. The Morgan fingerprint density at radius 1 is 0.821 bits per heavy atom. The molecule has 0 unspecified atom stereocenters. The van der Waals surface area contributed by atoms with Crippen LogP contribution < -0.4 is 4.72 Å². The Morgan fingerprint density at radius 3 is 1.93 bits per heavy atom. The van der Waals surface area contributed by atoms with Gasteiger partial charge in [-0.15, -0.1) is 0 Å². The number of nitrogens with zero attached hydrogens (tertiary/aromatic N) is 1. The van der Waals surface area contributed by atoms with Gasteiger partial charge in [-0.05, 0) is 19.4 Å². The predicted octanol–water partition coefficient (Wildman–Crippen LogP) is 2.74. The van der Waals surface area contributed by atoms with Gasteiger partial charge in [0.25, 0.3) is 0 Å². The van der Waals surface area contributed by atoms with Crippen molar-refractivity contribution in [3.8, 4) is 0 Å². The molecule has 2 aromatic rings. The van der Waals surface area contributed by atoms with Crippen molar-refractivity contribution in [1.29, 1.82) is 0 Å². The first kappa shape index (κ1) is 20.0. The summed E-state index contributed by atoms with van der Waals surface area (Å²) in [5.74, 6) is -1.10. The minimum absolute atomic E-state index is 0.0291. The quantitative estimate of drug-likeness (QED) is 0.775. The molecule has 146 valence electrons. The Bertz CT molecular complexity index is 1040. The highest BCUT2D eigenvalue weighted by Gasteiger charge is 2.40. The fraction of sp³-hybridized carbons (Fsp3) is 0.238. The van der Waals surface area contributed by atoms with Crippen LogP contribution in [0.25, 0.3) is 0 Å². The number of sulfonamides is 1. The van der Waals surface area contributed by atoms with Crippen molar-refractivity contribution >= 4 is 21.6 Å². The second-order valence-electron chi connectivity index (χ2n) is 6.36. The molecule has 0 saturated carbocycles. The smallest absolute Gasteiger partial charge is 0.247 e. The SMILES string of the molecule is CCN(CC)C1=C(S(=O)(=O)NCc2ccccc2)C(=O)c2ccccc2C1=O. The first-order valence-electron chi connectivity index (χ1n) is 9.12. The zero-order chi connectivity index (χ0) is 20.3. The first-order chi connectivity index (χ1) is 13.4. The molecular formula is C21H22N2O4S. The lowest BCUT2D eigenvalue weighted by Gasteiger charge is -2.29. The van der Waals surface area contributed by atoms with E-state index in [1.54, 1.807) is 47.4 Å². The number of ketones is 2. The van der Waals surface area contributed by atoms with E-state index in [0.717, 1.165) is 5.56 Å². The molecule has 3 rings (SSSR count). The fourth-order valence-corrected chi connectivity index (χ4v) is 4.59. The summed E-state index contributed by atoms with van der Waals surface area (Å²) < 4.78 is 28.7. The summed E-state index contributed by atoms with van der Waals surface area (Å²) in [5, 5.41) is 0. The Balaban J connectivity index is 2.10. The summed E-state index contributed by atoms with van der Waals surface area (Å²) in [4.78, 5) is 27.4. The Kier molecular flexibility index (Phi) is 5.76. The van der Waals surface area contributed by atoms with E-state index in [4.69, 9.17) is 0 Å². The van der Waals surface area contributed by atoms with Crippen LogP contribution in [-0.4, -0.2) is 38.0 Å². The van der Waals surface area contributed by atoms with Gasteiger partial charge < -0.3 is 4.90 Å². The highest BCUT2D eigenvalue weighted by atomic mass is 32.2. The van der Waals surface area contributed by atoms with Crippen molar-refractivity contribution < 1.29 is 18.0 Å². The molecule has 7 heteroatoms. The molecule has 2 aromatic carbocycles. The van der Waals surface area contributed by atoms with Gasteiger partial charge in [-0.2, -0.15) is 0 Å². The van der Waals surface area contributed by atoms with E-state index in [0.29, 0.717) is 13.1 Å². The van der Waals surface area contributed by atoms with E-state index in [1.807, 2.05) is 19.9 Å².